The smallest absolute Gasteiger partial charge is 0.0366 e. The molecule has 0 saturated heterocycles. The standard InChI is InChI=1S/C17H23NS/c1-5-15-6-7-16(19-15)11-17(18-4)14-9-12(2)8-13(3)10-14/h6-10,17-18H,5,11H2,1-4H3. The second-order valence-corrected chi connectivity index (χ2v) is 6.44. The number of likely N-dealkylation sites (N-methyl/N-ethyl adjacent to an activating group) is 1. The van der Waals surface area contributed by atoms with Crippen molar-refractivity contribution in [1.82, 2.24) is 5.32 Å². The molecule has 2 rings (SSSR count). The molecule has 0 fully saturated rings. The fraction of sp³-hybridized carbons (Fsp3) is 0.412. The van der Waals surface area contributed by atoms with Gasteiger partial charge in [0.1, 0.15) is 0 Å². The van der Waals surface area contributed by atoms with Gasteiger partial charge in [0.25, 0.3) is 0 Å². The van der Waals surface area contributed by atoms with E-state index >= 15 is 0 Å². The van der Waals surface area contributed by atoms with Crippen molar-refractivity contribution < 1.29 is 0 Å². The SMILES string of the molecule is CCc1ccc(CC(NC)c2cc(C)cc(C)c2)s1. The zero-order valence-corrected chi connectivity index (χ0v) is 13.1. The van der Waals surface area contributed by atoms with Gasteiger partial charge in [0, 0.05) is 22.2 Å². The van der Waals surface area contributed by atoms with Crippen LogP contribution in [0.3, 0.4) is 0 Å². The van der Waals surface area contributed by atoms with Crippen LogP contribution in [0.4, 0.5) is 0 Å². The van der Waals surface area contributed by atoms with Crippen LogP contribution < -0.4 is 5.32 Å². The van der Waals surface area contributed by atoms with Crippen LogP contribution in [0.5, 0.6) is 0 Å². The summed E-state index contributed by atoms with van der Waals surface area (Å²) in [5, 5.41) is 3.46. The van der Waals surface area contributed by atoms with Crippen LogP contribution in [0.1, 0.15) is 39.4 Å². The number of hydrogen-bond acceptors (Lipinski definition) is 2. The molecule has 1 N–H and O–H groups in total. The molecular weight excluding hydrogens is 250 g/mol. The van der Waals surface area contributed by atoms with Gasteiger partial charge in [0.15, 0.2) is 0 Å². The third-order valence-electron chi connectivity index (χ3n) is 3.47. The third-order valence-corrected chi connectivity index (χ3v) is 4.72. The van der Waals surface area contributed by atoms with Crippen molar-refractivity contribution >= 4 is 11.3 Å². The molecule has 0 spiro atoms. The summed E-state index contributed by atoms with van der Waals surface area (Å²) in [6.07, 6.45) is 2.21. The second kappa shape index (κ2) is 6.36. The monoisotopic (exact) mass is 273 g/mol. The highest BCUT2D eigenvalue weighted by Crippen LogP contribution is 2.25. The lowest BCUT2D eigenvalue weighted by Gasteiger charge is -2.17. The highest BCUT2D eigenvalue weighted by Gasteiger charge is 2.12. The molecule has 1 nitrogen and oxygen atoms in total. The van der Waals surface area contributed by atoms with Crippen LogP contribution in [-0.4, -0.2) is 7.05 Å². The Kier molecular flexibility index (Phi) is 4.78. The largest absolute Gasteiger partial charge is 0.313 e. The summed E-state index contributed by atoms with van der Waals surface area (Å²) in [6.45, 7) is 6.56. The van der Waals surface area contributed by atoms with Crippen LogP contribution >= 0.6 is 11.3 Å². The molecule has 1 heterocycles. The first kappa shape index (κ1) is 14.3. The normalized spacial score (nSPS) is 12.6. The fourth-order valence-corrected chi connectivity index (χ4v) is 3.52. The molecule has 1 aromatic carbocycles. The Morgan fingerprint density at radius 2 is 1.68 bits per heavy atom. The number of aryl methyl sites for hydroxylation is 3. The second-order valence-electron chi connectivity index (χ2n) is 5.19. The van der Waals surface area contributed by atoms with Crippen molar-refractivity contribution in [3.05, 3.63) is 56.8 Å². The maximum atomic E-state index is 3.46. The van der Waals surface area contributed by atoms with Crippen molar-refractivity contribution in [3.63, 3.8) is 0 Å². The van der Waals surface area contributed by atoms with E-state index in [1.54, 1.807) is 0 Å². The Bertz CT molecular complexity index is 522. The van der Waals surface area contributed by atoms with Gasteiger partial charge in [-0.25, -0.2) is 0 Å². The van der Waals surface area contributed by atoms with Gasteiger partial charge in [-0.1, -0.05) is 36.2 Å². The first-order valence-electron chi connectivity index (χ1n) is 6.95. The van der Waals surface area contributed by atoms with Crippen molar-refractivity contribution in [2.75, 3.05) is 7.05 Å². The Morgan fingerprint density at radius 3 is 2.21 bits per heavy atom. The minimum Gasteiger partial charge on any atom is -0.313 e. The number of rotatable bonds is 5. The molecule has 0 amide bonds. The molecule has 19 heavy (non-hydrogen) atoms. The van der Waals surface area contributed by atoms with Crippen LogP contribution in [0.25, 0.3) is 0 Å². The van der Waals surface area contributed by atoms with E-state index < -0.39 is 0 Å². The Morgan fingerprint density at radius 1 is 1.05 bits per heavy atom. The van der Waals surface area contributed by atoms with Gasteiger partial charge >= 0.3 is 0 Å². The number of hydrogen-bond donors (Lipinski definition) is 1. The number of benzene rings is 1. The lowest BCUT2D eigenvalue weighted by molar-refractivity contribution is 0.596. The van der Waals surface area contributed by atoms with Gasteiger partial charge in [-0.15, -0.1) is 11.3 Å². The summed E-state index contributed by atoms with van der Waals surface area (Å²) in [7, 11) is 2.05. The highest BCUT2D eigenvalue weighted by molar-refractivity contribution is 7.11. The molecule has 2 aromatic rings. The van der Waals surface area contributed by atoms with E-state index in [1.165, 1.54) is 26.4 Å². The van der Waals surface area contributed by atoms with Gasteiger partial charge in [0.05, 0.1) is 0 Å². The molecule has 0 bridgehead atoms. The zero-order chi connectivity index (χ0) is 13.8. The molecule has 1 atom stereocenters. The third kappa shape index (κ3) is 3.68. The predicted molar refractivity (Wildman–Crippen MR) is 85.1 cm³/mol. The van der Waals surface area contributed by atoms with Crippen LogP contribution in [0.2, 0.25) is 0 Å². The Labute approximate surface area is 120 Å². The first-order chi connectivity index (χ1) is 9.12. The topological polar surface area (TPSA) is 12.0 Å². The average Bonchev–Trinajstić information content (AvgIpc) is 2.82. The minimum atomic E-state index is 0.405. The van der Waals surface area contributed by atoms with E-state index in [4.69, 9.17) is 0 Å². The van der Waals surface area contributed by atoms with E-state index in [0.29, 0.717) is 6.04 Å². The molecule has 102 valence electrons. The quantitative estimate of drug-likeness (QED) is 0.849. The first-order valence-corrected chi connectivity index (χ1v) is 7.77. The van der Waals surface area contributed by atoms with Gasteiger partial charge in [-0.3, -0.25) is 0 Å². The summed E-state index contributed by atoms with van der Waals surface area (Å²) in [6, 6.07) is 11.8. The van der Waals surface area contributed by atoms with Crippen LogP contribution in [-0.2, 0) is 12.8 Å². The molecule has 0 aliphatic heterocycles. The Hall–Kier alpha value is -1.12. The van der Waals surface area contributed by atoms with E-state index in [2.05, 4.69) is 63.5 Å². The lowest BCUT2D eigenvalue weighted by atomic mass is 9.99. The molecule has 0 aliphatic carbocycles. The summed E-state index contributed by atoms with van der Waals surface area (Å²) >= 11 is 1.94. The van der Waals surface area contributed by atoms with Gasteiger partial charge in [-0.05, 0) is 45.0 Å². The van der Waals surface area contributed by atoms with E-state index in [-0.39, 0.29) is 0 Å². The molecular formula is C17H23NS. The highest BCUT2D eigenvalue weighted by atomic mass is 32.1. The summed E-state index contributed by atoms with van der Waals surface area (Å²) < 4.78 is 0. The van der Waals surface area contributed by atoms with Crippen molar-refractivity contribution in [2.45, 2.75) is 39.7 Å². The molecule has 0 saturated carbocycles. The maximum Gasteiger partial charge on any atom is 0.0366 e. The van der Waals surface area contributed by atoms with E-state index in [0.717, 1.165) is 12.8 Å². The van der Waals surface area contributed by atoms with Gasteiger partial charge < -0.3 is 5.32 Å². The molecule has 0 radical (unpaired) electrons. The molecule has 1 aromatic heterocycles. The number of nitrogens with one attached hydrogen (secondary N) is 1. The molecule has 1 unspecified atom stereocenters. The lowest BCUT2D eigenvalue weighted by Crippen LogP contribution is -2.18. The van der Waals surface area contributed by atoms with Gasteiger partial charge in [-0.2, -0.15) is 0 Å². The van der Waals surface area contributed by atoms with Crippen molar-refractivity contribution in [3.8, 4) is 0 Å². The fourth-order valence-electron chi connectivity index (χ4n) is 2.52. The minimum absolute atomic E-state index is 0.405. The molecule has 0 aliphatic rings. The van der Waals surface area contributed by atoms with Crippen LogP contribution in [0.15, 0.2) is 30.3 Å². The van der Waals surface area contributed by atoms with Crippen molar-refractivity contribution in [2.24, 2.45) is 0 Å². The zero-order valence-electron chi connectivity index (χ0n) is 12.3. The number of thiophene rings is 1. The average molecular weight is 273 g/mol. The summed E-state index contributed by atoms with van der Waals surface area (Å²) in [5.74, 6) is 0. The maximum absolute atomic E-state index is 3.46. The Balaban J connectivity index is 2.19. The van der Waals surface area contributed by atoms with Crippen molar-refractivity contribution in [1.29, 1.82) is 0 Å². The molecule has 2 heteroatoms. The summed E-state index contributed by atoms with van der Waals surface area (Å²) in [4.78, 5) is 2.95. The van der Waals surface area contributed by atoms with E-state index in [1.807, 2.05) is 11.3 Å². The van der Waals surface area contributed by atoms with Gasteiger partial charge in [0.2, 0.25) is 0 Å². The van der Waals surface area contributed by atoms with Crippen LogP contribution in [0, 0.1) is 13.8 Å². The predicted octanol–water partition coefficient (Wildman–Crippen LogP) is 4.43. The summed E-state index contributed by atoms with van der Waals surface area (Å²) in [5.41, 5.74) is 4.08. The van der Waals surface area contributed by atoms with E-state index in [9.17, 15) is 0 Å².